The van der Waals surface area contributed by atoms with Crippen LogP contribution in [-0.2, 0) is 4.79 Å². The van der Waals surface area contributed by atoms with Crippen molar-refractivity contribution in [3.8, 4) is 0 Å². The molecule has 0 N–H and O–H groups in total. The lowest BCUT2D eigenvalue weighted by molar-refractivity contribution is 0.100. The Morgan fingerprint density at radius 1 is 1.38 bits per heavy atom. The first-order valence-electron chi connectivity index (χ1n) is 3.84. The van der Waals surface area contributed by atoms with Crippen molar-refractivity contribution < 1.29 is 9.59 Å². The number of amides is 1. The lowest BCUT2D eigenvalue weighted by atomic mass is 10.1. The highest BCUT2D eigenvalue weighted by molar-refractivity contribution is 5.98. The third-order valence-electron chi connectivity index (χ3n) is 1.77. The number of rotatable bonds is 1. The van der Waals surface area contributed by atoms with Gasteiger partial charge >= 0.3 is 0 Å². The molecule has 0 fully saturated rings. The number of nitrogens with zero attached hydrogens (tertiary/aromatic N) is 1. The molecular formula is C10H9NO2. The number of benzene rings is 1. The SMILES string of the molecule is Cc1ccc(C)c(C(=O)N=C=O)c1. The Bertz CT molecular complexity index is 390. The van der Waals surface area contributed by atoms with Crippen LogP contribution in [-0.4, -0.2) is 12.0 Å². The Morgan fingerprint density at radius 3 is 2.69 bits per heavy atom. The third kappa shape index (κ3) is 2.10. The van der Waals surface area contributed by atoms with E-state index in [1.807, 2.05) is 19.1 Å². The molecule has 13 heavy (non-hydrogen) atoms. The molecular weight excluding hydrogens is 166 g/mol. The summed E-state index contributed by atoms with van der Waals surface area (Å²) in [5.41, 5.74) is 2.24. The second kappa shape index (κ2) is 3.78. The highest BCUT2D eigenvalue weighted by Gasteiger charge is 2.06. The van der Waals surface area contributed by atoms with E-state index in [-0.39, 0.29) is 0 Å². The largest absolute Gasteiger partial charge is 0.288 e. The van der Waals surface area contributed by atoms with E-state index in [0.29, 0.717) is 5.56 Å². The fourth-order valence-electron chi connectivity index (χ4n) is 1.07. The van der Waals surface area contributed by atoms with Crippen molar-refractivity contribution in [3.63, 3.8) is 0 Å². The molecule has 0 aromatic heterocycles. The number of aryl methyl sites for hydroxylation is 2. The third-order valence-corrected chi connectivity index (χ3v) is 1.77. The predicted octanol–water partition coefficient (Wildman–Crippen LogP) is 1.78. The van der Waals surface area contributed by atoms with Crippen molar-refractivity contribution >= 4 is 12.0 Å². The van der Waals surface area contributed by atoms with Crippen LogP contribution in [0.15, 0.2) is 23.2 Å². The van der Waals surface area contributed by atoms with Gasteiger partial charge in [-0.25, -0.2) is 4.79 Å². The minimum Gasteiger partial charge on any atom is -0.266 e. The first kappa shape index (κ1) is 9.36. The van der Waals surface area contributed by atoms with Crippen molar-refractivity contribution in [1.82, 2.24) is 0 Å². The number of carbonyl (C=O) groups excluding carboxylic acids is 2. The van der Waals surface area contributed by atoms with Crippen LogP contribution in [0.1, 0.15) is 21.5 Å². The minimum atomic E-state index is -0.531. The topological polar surface area (TPSA) is 46.5 Å². The summed E-state index contributed by atoms with van der Waals surface area (Å²) >= 11 is 0. The molecule has 0 saturated heterocycles. The highest BCUT2D eigenvalue weighted by Crippen LogP contribution is 2.11. The maximum Gasteiger partial charge on any atom is 0.288 e. The van der Waals surface area contributed by atoms with Crippen molar-refractivity contribution in [1.29, 1.82) is 0 Å². The molecule has 0 spiro atoms. The van der Waals surface area contributed by atoms with Crippen LogP contribution in [0.3, 0.4) is 0 Å². The van der Waals surface area contributed by atoms with Gasteiger partial charge in [0.05, 0.1) is 0 Å². The van der Waals surface area contributed by atoms with Gasteiger partial charge in [-0.15, -0.1) is 4.99 Å². The standard InChI is InChI=1S/C10H9NO2/c1-7-3-4-8(2)9(5-7)10(13)11-6-12/h3-5H,1-2H3. The van der Waals surface area contributed by atoms with Crippen LogP contribution >= 0.6 is 0 Å². The van der Waals surface area contributed by atoms with Gasteiger partial charge in [0.1, 0.15) is 0 Å². The van der Waals surface area contributed by atoms with E-state index >= 15 is 0 Å². The number of hydrogen-bond acceptors (Lipinski definition) is 2. The van der Waals surface area contributed by atoms with Crippen LogP contribution in [0.5, 0.6) is 0 Å². The van der Waals surface area contributed by atoms with E-state index < -0.39 is 5.91 Å². The van der Waals surface area contributed by atoms with Gasteiger partial charge in [-0.2, -0.15) is 0 Å². The zero-order valence-electron chi connectivity index (χ0n) is 7.50. The molecule has 3 heteroatoms. The molecule has 3 nitrogen and oxygen atoms in total. The molecule has 0 bridgehead atoms. The molecule has 0 unspecified atom stereocenters. The van der Waals surface area contributed by atoms with Crippen molar-refractivity contribution in [2.24, 2.45) is 4.99 Å². The quantitative estimate of drug-likeness (QED) is 0.482. The Kier molecular flexibility index (Phi) is 2.72. The summed E-state index contributed by atoms with van der Waals surface area (Å²) in [6.07, 6.45) is 1.24. The van der Waals surface area contributed by atoms with E-state index in [1.54, 1.807) is 13.0 Å². The first-order chi connectivity index (χ1) is 6.15. The van der Waals surface area contributed by atoms with Gasteiger partial charge in [-0.05, 0) is 25.5 Å². The first-order valence-corrected chi connectivity index (χ1v) is 3.84. The van der Waals surface area contributed by atoms with E-state index in [0.717, 1.165) is 11.1 Å². The summed E-state index contributed by atoms with van der Waals surface area (Å²) in [4.78, 5) is 24.1. The van der Waals surface area contributed by atoms with Gasteiger partial charge in [0, 0.05) is 5.56 Å². The molecule has 1 aromatic rings. The molecule has 1 amide bonds. The number of isocyanates is 1. The zero-order valence-corrected chi connectivity index (χ0v) is 7.50. The van der Waals surface area contributed by atoms with Crippen molar-refractivity contribution in [3.05, 3.63) is 34.9 Å². The summed E-state index contributed by atoms with van der Waals surface area (Å²) in [6, 6.07) is 5.43. The van der Waals surface area contributed by atoms with E-state index in [1.165, 1.54) is 6.08 Å². The molecule has 0 aliphatic rings. The molecule has 0 heterocycles. The van der Waals surface area contributed by atoms with E-state index in [9.17, 15) is 9.59 Å². The zero-order chi connectivity index (χ0) is 9.84. The smallest absolute Gasteiger partial charge is 0.266 e. The van der Waals surface area contributed by atoms with Crippen LogP contribution in [0, 0.1) is 13.8 Å². The Hall–Kier alpha value is -1.73. The highest BCUT2D eigenvalue weighted by atomic mass is 16.2. The Balaban J connectivity index is 3.20. The number of aliphatic imine (C=N–C) groups is 1. The van der Waals surface area contributed by atoms with Crippen LogP contribution < -0.4 is 0 Å². The van der Waals surface area contributed by atoms with E-state index in [4.69, 9.17) is 0 Å². The number of carbonyl (C=O) groups is 1. The summed E-state index contributed by atoms with van der Waals surface area (Å²) in [6.45, 7) is 3.67. The van der Waals surface area contributed by atoms with Gasteiger partial charge in [-0.1, -0.05) is 17.7 Å². The molecule has 0 aliphatic carbocycles. The molecule has 1 aromatic carbocycles. The summed E-state index contributed by atoms with van der Waals surface area (Å²) < 4.78 is 0. The summed E-state index contributed by atoms with van der Waals surface area (Å²) in [5, 5.41) is 0. The fraction of sp³-hybridized carbons (Fsp3) is 0.200. The number of hydrogen-bond donors (Lipinski definition) is 0. The Labute approximate surface area is 76.1 Å². The van der Waals surface area contributed by atoms with Gasteiger partial charge in [0.2, 0.25) is 6.08 Å². The lowest BCUT2D eigenvalue weighted by Crippen LogP contribution is -1.98. The monoisotopic (exact) mass is 175 g/mol. The molecule has 1 rings (SSSR count). The van der Waals surface area contributed by atoms with Gasteiger partial charge in [0.25, 0.3) is 5.91 Å². The van der Waals surface area contributed by atoms with Crippen LogP contribution in [0.4, 0.5) is 0 Å². The summed E-state index contributed by atoms with van der Waals surface area (Å²) in [7, 11) is 0. The average Bonchev–Trinajstić information content (AvgIpc) is 2.09. The van der Waals surface area contributed by atoms with Crippen molar-refractivity contribution in [2.45, 2.75) is 13.8 Å². The predicted molar refractivity (Wildman–Crippen MR) is 48.4 cm³/mol. The molecule has 0 saturated carbocycles. The van der Waals surface area contributed by atoms with E-state index in [2.05, 4.69) is 4.99 Å². The molecule has 66 valence electrons. The second-order valence-electron chi connectivity index (χ2n) is 2.83. The average molecular weight is 175 g/mol. The van der Waals surface area contributed by atoms with Gasteiger partial charge < -0.3 is 0 Å². The maximum absolute atomic E-state index is 11.2. The minimum absolute atomic E-state index is 0.461. The van der Waals surface area contributed by atoms with Crippen LogP contribution in [0.2, 0.25) is 0 Å². The molecule has 0 atom stereocenters. The van der Waals surface area contributed by atoms with Gasteiger partial charge in [-0.3, -0.25) is 4.79 Å². The second-order valence-corrected chi connectivity index (χ2v) is 2.83. The molecule has 0 aliphatic heterocycles. The van der Waals surface area contributed by atoms with Crippen molar-refractivity contribution in [2.75, 3.05) is 0 Å². The fourth-order valence-corrected chi connectivity index (χ4v) is 1.07. The summed E-state index contributed by atoms with van der Waals surface area (Å²) in [5.74, 6) is -0.531. The maximum atomic E-state index is 11.2. The van der Waals surface area contributed by atoms with Gasteiger partial charge in [0.15, 0.2) is 0 Å². The Morgan fingerprint density at radius 2 is 2.08 bits per heavy atom. The lowest BCUT2D eigenvalue weighted by Gasteiger charge is -2.00. The normalized spacial score (nSPS) is 9.08. The van der Waals surface area contributed by atoms with Crippen LogP contribution in [0.25, 0.3) is 0 Å². The molecule has 0 radical (unpaired) electrons.